The van der Waals surface area contributed by atoms with Crippen LogP contribution in [0.1, 0.15) is 5.01 Å². The van der Waals surface area contributed by atoms with E-state index in [1.807, 2.05) is 17.6 Å². The lowest BCUT2D eigenvalue weighted by Crippen LogP contribution is -1.79. The monoisotopic (exact) mass is 271 g/mol. The molecule has 3 heterocycles. The Morgan fingerprint density at radius 1 is 1.17 bits per heavy atom. The fourth-order valence-corrected chi connectivity index (χ4v) is 3.77. The summed E-state index contributed by atoms with van der Waals surface area (Å²) in [6.45, 7) is 2.00. The highest BCUT2D eigenvalue weighted by Crippen LogP contribution is 2.33. The minimum atomic E-state index is 0.958. The predicted molar refractivity (Wildman–Crippen MR) is 76.4 cm³/mol. The normalized spacial score (nSPS) is 11.6. The van der Waals surface area contributed by atoms with Crippen LogP contribution >= 0.6 is 22.7 Å². The van der Waals surface area contributed by atoms with Crippen LogP contribution in [0, 0.1) is 6.92 Å². The summed E-state index contributed by atoms with van der Waals surface area (Å²) in [6.07, 6.45) is 2.00. The molecule has 1 aromatic carbocycles. The number of benzene rings is 1. The number of aryl methyl sites for hydroxylation is 1. The highest BCUT2D eigenvalue weighted by Gasteiger charge is 2.10. The lowest BCUT2D eigenvalue weighted by molar-refractivity contribution is 0.946. The molecule has 0 amide bonds. The Morgan fingerprint density at radius 2 is 2.06 bits per heavy atom. The van der Waals surface area contributed by atoms with E-state index in [2.05, 4.69) is 40.4 Å². The van der Waals surface area contributed by atoms with Crippen LogP contribution in [0.4, 0.5) is 0 Å². The average Bonchev–Trinajstić information content (AvgIpc) is 2.98. The number of hydrogen-bond donors (Lipinski definition) is 0. The molecule has 0 aliphatic heterocycles. The van der Waals surface area contributed by atoms with E-state index < -0.39 is 0 Å². The summed E-state index contributed by atoms with van der Waals surface area (Å²) in [4.78, 5) is 6.79. The molecule has 0 bridgehead atoms. The predicted octanol–water partition coefficient (Wildman–Crippen LogP) is 3.98. The van der Waals surface area contributed by atoms with Gasteiger partial charge in [-0.15, -0.1) is 11.3 Å². The van der Waals surface area contributed by atoms with Crippen molar-refractivity contribution in [2.45, 2.75) is 6.92 Å². The standard InChI is InChI=1S/C13H9N3S2/c1-8-15-16-7-10(14-13(16)17-8)12-6-9-4-2-3-5-11(9)18-12/h2-7H,1H3. The molecule has 5 heteroatoms. The molecule has 4 aromatic rings. The van der Waals surface area contributed by atoms with Crippen LogP contribution in [-0.4, -0.2) is 14.6 Å². The second-order valence-electron chi connectivity index (χ2n) is 4.12. The van der Waals surface area contributed by atoms with E-state index >= 15 is 0 Å². The molecule has 88 valence electrons. The average molecular weight is 271 g/mol. The molecule has 0 radical (unpaired) electrons. The SMILES string of the molecule is Cc1nn2cc(-c3cc4ccccc4s3)nc2s1. The zero-order valence-corrected chi connectivity index (χ0v) is 11.3. The molecule has 0 fully saturated rings. The van der Waals surface area contributed by atoms with Crippen molar-refractivity contribution in [3.63, 3.8) is 0 Å². The van der Waals surface area contributed by atoms with Gasteiger partial charge in [-0.05, 0) is 24.4 Å². The van der Waals surface area contributed by atoms with Crippen LogP contribution in [0.25, 0.3) is 25.6 Å². The number of hydrogen-bond acceptors (Lipinski definition) is 4. The summed E-state index contributed by atoms with van der Waals surface area (Å²) in [5.41, 5.74) is 1.01. The zero-order chi connectivity index (χ0) is 12.1. The minimum Gasteiger partial charge on any atom is -0.217 e. The summed E-state index contributed by atoms with van der Waals surface area (Å²) >= 11 is 3.39. The van der Waals surface area contributed by atoms with Gasteiger partial charge in [-0.1, -0.05) is 29.5 Å². The molecule has 3 aromatic heterocycles. The molecular weight excluding hydrogens is 262 g/mol. The summed E-state index contributed by atoms with van der Waals surface area (Å²) in [5.74, 6) is 0. The van der Waals surface area contributed by atoms with Crippen LogP contribution in [0.3, 0.4) is 0 Å². The van der Waals surface area contributed by atoms with Crippen molar-refractivity contribution in [1.29, 1.82) is 0 Å². The van der Waals surface area contributed by atoms with E-state index in [4.69, 9.17) is 0 Å². The van der Waals surface area contributed by atoms with Crippen molar-refractivity contribution in [3.8, 4) is 10.6 Å². The van der Waals surface area contributed by atoms with E-state index in [0.29, 0.717) is 0 Å². The van der Waals surface area contributed by atoms with E-state index in [1.165, 1.54) is 15.0 Å². The van der Waals surface area contributed by atoms with E-state index in [0.717, 1.165) is 15.7 Å². The molecule has 0 saturated carbocycles. The van der Waals surface area contributed by atoms with Gasteiger partial charge in [0.15, 0.2) is 0 Å². The van der Waals surface area contributed by atoms with Crippen molar-refractivity contribution in [2.24, 2.45) is 0 Å². The van der Waals surface area contributed by atoms with Gasteiger partial charge in [-0.25, -0.2) is 9.50 Å². The number of imidazole rings is 1. The van der Waals surface area contributed by atoms with Gasteiger partial charge in [-0.2, -0.15) is 5.10 Å². The first-order valence-electron chi connectivity index (χ1n) is 5.61. The largest absolute Gasteiger partial charge is 0.217 e. The molecule has 0 atom stereocenters. The van der Waals surface area contributed by atoms with E-state index in [1.54, 1.807) is 22.7 Å². The number of thiophene rings is 1. The second kappa shape index (κ2) is 3.63. The number of rotatable bonds is 1. The molecule has 0 aliphatic carbocycles. The second-order valence-corrected chi connectivity index (χ2v) is 6.37. The summed E-state index contributed by atoms with van der Waals surface area (Å²) in [7, 11) is 0. The van der Waals surface area contributed by atoms with Crippen molar-refractivity contribution in [2.75, 3.05) is 0 Å². The molecule has 0 spiro atoms. The van der Waals surface area contributed by atoms with Crippen LogP contribution in [0.15, 0.2) is 36.5 Å². The smallest absolute Gasteiger partial charge is 0.212 e. The van der Waals surface area contributed by atoms with Crippen molar-refractivity contribution < 1.29 is 0 Å². The van der Waals surface area contributed by atoms with Crippen LogP contribution in [-0.2, 0) is 0 Å². The van der Waals surface area contributed by atoms with Crippen LogP contribution < -0.4 is 0 Å². The fraction of sp³-hybridized carbons (Fsp3) is 0.0769. The lowest BCUT2D eigenvalue weighted by atomic mass is 10.2. The van der Waals surface area contributed by atoms with Crippen molar-refractivity contribution in [1.82, 2.24) is 14.6 Å². The van der Waals surface area contributed by atoms with Crippen LogP contribution in [0.5, 0.6) is 0 Å². The number of aromatic nitrogens is 3. The van der Waals surface area contributed by atoms with Gasteiger partial charge in [0.25, 0.3) is 0 Å². The third-order valence-electron chi connectivity index (χ3n) is 2.82. The maximum atomic E-state index is 4.63. The van der Waals surface area contributed by atoms with Gasteiger partial charge >= 0.3 is 0 Å². The van der Waals surface area contributed by atoms with Gasteiger partial charge in [0, 0.05) is 4.70 Å². The molecule has 18 heavy (non-hydrogen) atoms. The number of fused-ring (bicyclic) bond motifs is 2. The Bertz CT molecular complexity index is 789. The summed E-state index contributed by atoms with van der Waals surface area (Å²) in [6, 6.07) is 10.6. The first-order chi connectivity index (χ1) is 8.79. The summed E-state index contributed by atoms with van der Waals surface area (Å²) < 4.78 is 3.16. The Morgan fingerprint density at radius 3 is 2.89 bits per heavy atom. The molecule has 4 rings (SSSR count). The minimum absolute atomic E-state index is 0.958. The first-order valence-corrected chi connectivity index (χ1v) is 7.25. The molecule has 0 unspecified atom stereocenters. The first kappa shape index (κ1) is 10.2. The van der Waals surface area contributed by atoms with Crippen molar-refractivity contribution >= 4 is 37.7 Å². The van der Waals surface area contributed by atoms with Gasteiger partial charge in [0.05, 0.1) is 11.1 Å². The Hall–Kier alpha value is -1.72. The number of nitrogens with zero attached hydrogens (tertiary/aromatic N) is 3. The highest BCUT2D eigenvalue weighted by molar-refractivity contribution is 7.22. The topological polar surface area (TPSA) is 30.2 Å². The molecule has 0 saturated heterocycles. The van der Waals surface area contributed by atoms with E-state index in [9.17, 15) is 0 Å². The van der Waals surface area contributed by atoms with Gasteiger partial charge in [0.2, 0.25) is 4.96 Å². The van der Waals surface area contributed by atoms with Gasteiger partial charge in [0.1, 0.15) is 10.7 Å². The van der Waals surface area contributed by atoms with Crippen molar-refractivity contribution in [3.05, 3.63) is 41.5 Å². The molecule has 0 N–H and O–H groups in total. The van der Waals surface area contributed by atoms with Gasteiger partial charge in [-0.3, -0.25) is 0 Å². The fourth-order valence-electron chi connectivity index (χ4n) is 2.03. The van der Waals surface area contributed by atoms with Gasteiger partial charge < -0.3 is 0 Å². The Balaban J connectivity index is 1.92. The third-order valence-corrected chi connectivity index (χ3v) is 4.80. The molecule has 0 aliphatic rings. The summed E-state index contributed by atoms with van der Waals surface area (Å²) in [5, 5.41) is 6.71. The quantitative estimate of drug-likeness (QED) is 0.524. The highest BCUT2D eigenvalue weighted by atomic mass is 32.1. The van der Waals surface area contributed by atoms with Crippen LogP contribution in [0.2, 0.25) is 0 Å². The Kier molecular flexibility index (Phi) is 2.06. The van der Waals surface area contributed by atoms with E-state index in [-0.39, 0.29) is 0 Å². The molecule has 3 nitrogen and oxygen atoms in total. The maximum Gasteiger partial charge on any atom is 0.212 e. The molecular formula is C13H9N3S2. The maximum absolute atomic E-state index is 4.63. The Labute approximate surface area is 111 Å². The zero-order valence-electron chi connectivity index (χ0n) is 9.62. The third kappa shape index (κ3) is 1.48. The lowest BCUT2D eigenvalue weighted by Gasteiger charge is -1.85.